The third-order valence-electron chi connectivity index (χ3n) is 3.97. The lowest BCUT2D eigenvalue weighted by Crippen LogP contribution is -2.36. The molecule has 0 saturated heterocycles. The highest BCUT2D eigenvalue weighted by Crippen LogP contribution is 2.15. The summed E-state index contributed by atoms with van der Waals surface area (Å²) in [6, 6.07) is 14.9. The van der Waals surface area contributed by atoms with Crippen LogP contribution in [0.25, 0.3) is 10.9 Å². The largest absolute Gasteiger partial charge is 0.351 e. The van der Waals surface area contributed by atoms with E-state index in [1.54, 1.807) is 6.07 Å². The molecule has 3 aromatic rings. The number of aromatic amines is 1. The topological polar surface area (TPSA) is 74.0 Å². The minimum absolute atomic E-state index is 0.0895. The highest BCUT2D eigenvalue weighted by molar-refractivity contribution is 6.30. The maximum absolute atomic E-state index is 12.2. The monoisotopic (exact) mass is 355 g/mol. The molecule has 0 atom stereocenters. The molecule has 0 aliphatic carbocycles. The zero-order valence-corrected chi connectivity index (χ0v) is 14.5. The van der Waals surface area contributed by atoms with Gasteiger partial charge in [-0.1, -0.05) is 35.9 Å². The molecule has 0 radical (unpaired) electrons. The van der Waals surface area contributed by atoms with Gasteiger partial charge in [-0.15, -0.1) is 0 Å². The molecule has 0 bridgehead atoms. The standard InChI is InChI=1S/C19H18ClN3O2/c1-12-6-7-15(20)8-14(12)10-21-18(24)11-22-19(25)17-9-13-4-2-3-5-16(13)23-17/h2-9,23H,10-11H2,1H3,(H,21,24)(H,22,25). The summed E-state index contributed by atoms with van der Waals surface area (Å²) in [4.78, 5) is 27.1. The van der Waals surface area contributed by atoms with Gasteiger partial charge < -0.3 is 15.6 Å². The predicted octanol–water partition coefficient (Wildman–Crippen LogP) is 3.18. The molecule has 1 aromatic heterocycles. The Labute approximate surface area is 150 Å². The number of para-hydroxylation sites is 1. The smallest absolute Gasteiger partial charge is 0.268 e. The van der Waals surface area contributed by atoms with Crippen LogP contribution >= 0.6 is 11.6 Å². The quantitative estimate of drug-likeness (QED) is 0.657. The first-order chi connectivity index (χ1) is 12.0. The van der Waals surface area contributed by atoms with E-state index < -0.39 is 0 Å². The van der Waals surface area contributed by atoms with Gasteiger partial charge in [-0.3, -0.25) is 9.59 Å². The van der Waals surface area contributed by atoms with E-state index in [1.165, 1.54) is 0 Å². The summed E-state index contributed by atoms with van der Waals surface area (Å²) in [5, 5.41) is 6.97. The Kier molecular flexibility index (Phi) is 5.05. The number of hydrogen-bond donors (Lipinski definition) is 3. The number of nitrogens with one attached hydrogen (secondary N) is 3. The average molecular weight is 356 g/mol. The maximum Gasteiger partial charge on any atom is 0.268 e. The minimum atomic E-state index is -0.315. The predicted molar refractivity (Wildman–Crippen MR) is 98.7 cm³/mol. The second-order valence-electron chi connectivity index (χ2n) is 5.80. The molecular formula is C19H18ClN3O2. The number of carbonyl (C=O) groups excluding carboxylic acids is 2. The fourth-order valence-electron chi connectivity index (χ4n) is 2.54. The van der Waals surface area contributed by atoms with Crippen molar-refractivity contribution >= 4 is 34.3 Å². The molecule has 1 heterocycles. The van der Waals surface area contributed by atoms with E-state index in [4.69, 9.17) is 11.6 Å². The van der Waals surface area contributed by atoms with Gasteiger partial charge in [-0.05, 0) is 42.3 Å². The lowest BCUT2D eigenvalue weighted by atomic mass is 10.1. The third-order valence-corrected chi connectivity index (χ3v) is 4.21. The van der Waals surface area contributed by atoms with E-state index in [-0.39, 0.29) is 18.4 Å². The molecule has 2 amide bonds. The summed E-state index contributed by atoms with van der Waals surface area (Å²) in [5.74, 6) is -0.575. The van der Waals surface area contributed by atoms with Crippen LogP contribution in [-0.4, -0.2) is 23.3 Å². The average Bonchev–Trinajstić information content (AvgIpc) is 3.04. The van der Waals surface area contributed by atoms with Crippen molar-refractivity contribution in [2.24, 2.45) is 0 Å². The summed E-state index contributed by atoms with van der Waals surface area (Å²) in [7, 11) is 0. The van der Waals surface area contributed by atoms with Crippen molar-refractivity contribution < 1.29 is 9.59 Å². The van der Waals surface area contributed by atoms with Crippen LogP contribution < -0.4 is 10.6 Å². The number of fused-ring (bicyclic) bond motifs is 1. The van der Waals surface area contributed by atoms with Gasteiger partial charge in [0, 0.05) is 22.5 Å². The fourth-order valence-corrected chi connectivity index (χ4v) is 2.73. The number of amides is 2. The lowest BCUT2D eigenvalue weighted by Gasteiger charge is -2.09. The van der Waals surface area contributed by atoms with Crippen molar-refractivity contribution in [2.75, 3.05) is 6.54 Å². The molecule has 0 saturated carbocycles. The summed E-state index contributed by atoms with van der Waals surface area (Å²) < 4.78 is 0. The van der Waals surface area contributed by atoms with Crippen LogP contribution in [0.3, 0.4) is 0 Å². The van der Waals surface area contributed by atoms with Crippen molar-refractivity contribution in [3.05, 3.63) is 70.4 Å². The summed E-state index contributed by atoms with van der Waals surface area (Å²) in [6.45, 7) is 2.23. The van der Waals surface area contributed by atoms with Gasteiger partial charge in [0.2, 0.25) is 5.91 Å². The number of hydrogen-bond acceptors (Lipinski definition) is 2. The Hall–Kier alpha value is -2.79. The number of rotatable bonds is 5. The fraction of sp³-hybridized carbons (Fsp3) is 0.158. The maximum atomic E-state index is 12.2. The third kappa shape index (κ3) is 4.19. The highest BCUT2D eigenvalue weighted by atomic mass is 35.5. The SMILES string of the molecule is Cc1ccc(Cl)cc1CNC(=O)CNC(=O)c1cc2ccccc2[nH]1. The van der Waals surface area contributed by atoms with E-state index in [0.29, 0.717) is 17.3 Å². The number of benzene rings is 2. The van der Waals surface area contributed by atoms with Crippen LogP contribution in [0.5, 0.6) is 0 Å². The Morgan fingerprint density at radius 2 is 1.88 bits per heavy atom. The Morgan fingerprint density at radius 1 is 1.08 bits per heavy atom. The van der Waals surface area contributed by atoms with E-state index in [0.717, 1.165) is 22.0 Å². The van der Waals surface area contributed by atoms with Crippen molar-refractivity contribution in [1.82, 2.24) is 15.6 Å². The molecule has 0 aliphatic heterocycles. The lowest BCUT2D eigenvalue weighted by molar-refractivity contribution is -0.120. The summed E-state index contributed by atoms with van der Waals surface area (Å²) >= 11 is 5.96. The second-order valence-corrected chi connectivity index (χ2v) is 6.24. The molecule has 128 valence electrons. The molecule has 3 rings (SSSR count). The van der Waals surface area contributed by atoms with Crippen LogP contribution in [0.4, 0.5) is 0 Å². The summed E-state index contributed by atoms with van der Waals surface area (Å²) in [6.07, 6.45) is 0. The second kappa shape index (κ2) is 7.40. The van der Waals surface area contributed by atoms with E-state index in [9.17, 15) is 9.59 Å². The molecular weight excluding hydrogens is 338 g/mol. The highest BCUT2D eigenvalue weighted by Gasteiger charge is 2.11. The van der Waals surface area contributed by atoms with Crippen LogP contribution in [0.15, 0.2) is 48.5 Å². The van der Waals surface area contributed by atoms with Crippen molar-refractivity contribution in [2.45, 2.75) is 13.5 Å². The molecule has 0 spiro atoms. The molecule has 6 heteroatoms. The Bertz CT molecular complexity index is 900. The first kappa shape index (κ1) is 17.0. The molecule has 2 aromatic carbocycles. The van der Waals surface area contributed by atoms with Gasteiger partial charge in [-0.25, -0.2) is 0 Å². The summed E-state index contributed by atoms with van der Waals surface area (Å²) in [5.41, 5.74) is 3.31. The Balaban J connectivity index is 1.53. The van der Waals surface area contributed by atoms with Gasteiger partial charge >= 0.3 is 0 Å². The van der Waals surface area contributed by atoms with Crippen molar-refractivity contribution in [3.8, 4) is 0 Å². The number of H-pyrrole nitrogens is 1. The van der Waals surface area contributed by atoms with E-state index in [1.807, 2.05) is 49.4 Å². The molecule has 0 fully saturated rings. The molecule has 5 nitrogen and oxygen atoms in total. The number of carbonyl (C=O) groups is 2. The van der Waals surface area contributed by atoms with Crippen molar-refractivity contribution in [1.29, 1.82) is 0 Å². The van der Waals surface area contributed by atoms with Crippen molar-refractivity contribution in [3.63, 3.8) is 0 Å². The molecule has 0 aliphatic rings. The van der Waals surface area contributed by atoms with Crippen LogP contribution in [0, 0.1) is 6.92 Å². The van der Waals surface area contributed by atoms with Crippen LogP contribution in [0.2, 0.25) is 5.02 Å². The molecule has 3 N–H and O–H groups in total. The van der Waals surface area contributed by atoms with Crippen LogP contribution in [0.1, 0.15) is 21.6 Å². The van der Waals surface area contributed by atoms with E-state index in [2.05, 4.69) is 15.6 Å². The normalized spacial score (nSPS) is 10.6. The Morgan fingerprint density at radius 3 is 2.68 bits per heavy atom. The van der Waals surface area contributed by atoms with Gasteiger partial charge in [0.1, 0.15) is 5.69 Å². The minimum Gasteiger partial charge on any atom is -0.351 e. The first-order valence-corrected chi connectivity index (χ1v) is 8.28. The van der Waals surface area contributed by atoms with Crippen LogP contribution in [-0.2, 0) is 11.3 Å². The van der Waals surface area contributed by atoms with E-state index >= 15 is 0 Å². The zero-order valence-electron chi connectivity index (χ0n) is 13.7. The zero-order chi connectivity index (χ0) is 17.8. The van der Waals surface area contributed by atoms with Gasteiger partial charge in [0.25, 0.3) is 5.91 Å². The number of aromatic nitrogens is 1. The first-order valence-electron chi connectivity index (χ1n) is 7.90. The number of aryl methyl sites for hydroxylation is 1. The van der Waals surface area contributed by atoms with Gasteiger partial charge in [-0.2, -0.15) is 0 Å². The molecule has 25 heavy (non-hydrogen) atoms. The molecule has 0 unspecified atom stereocenters. The van der Waals surface area contributed by atoms with Gasteiger partial charge in [0.05, 0.1) is 6.54 Å². The number of halogens is 1. The van der Waals surface area contributed by atoms with Gasteiger partial charge in [0.15, 0.2) is 0 Å².